The van der Waals surface area contributed by atoms with Gasteiger partial charge in [-0.3, -0.25) is 4.79 Å². The summed E-state index contributed by atoms with van der Waals surface area (Å²) in [4.78, 5) is 19.2. The number of thioether (sulfide) groups is 1. The molecule has 0 radical (unpaired) electrons. The molecule has 2 aromatic rings. The van der Waals surface area contributed by atoms with Gasteiger partial charge in [0.05, 0.1) is 10.3 Å². The van der Waals surface area contributed by atoms with Crippen molar-refractivity contribution in [1.29, 1.82) is 0 Å². The largest absolute Gasteiger partial charge is 0.325 e. The van der Waals surface area contributed by atoms with Crippen LogP contribution >= 0.6 is 11.8 Å². The summed E-state index contributed by atoms with van der Waals surface area (Å²) in [6.07, 6.45) is 1.38. The fourth-order valence-corrected chi connectivity index (χ4v) is 5.46. The molecule has 7 nitrogen and oxygen atoms in total. The number of likely N-dealkylation sites (N-methyl/N-ethyl adjacent to an activating group) is 1. The van der Waals surface area contributed by atoms with Crippen LogP contribution in [0.25, 0.3) is 0 Å². The monoisotopic (exact) mass is 476 g/mol. The van der Waals surface area contributed by atoms with Gasteiger partial charge in [-0.15, -0.1) is 0 Å². The lowest BCUT2D eigenvalue weighted by molar-refractivity contribution is -0.115. The second kappa shape index (κ2) is 9.91. The predicted molar refractivity (Wildman–Crippen MR) is 130 cm³/mol. The Morgan fingerprint density at radius 3 is 2.22 bits per heavy atom. The number of amides is 1. The third kappa shape index (κ3) is 6.10. The molecule has 0 aliphatic carbocycles. The Balaban J connectivity index is 1.59. The Bertz CT molecular complexity index is 1020. The maximum atomic E-state index is 12.8. The Morgan fingerprint density at radius 2 is 1.69 bits per heavy atom. The van der Waals surface area contributed by atoms with E-state index in [1.54, 1.807) is 19.1 Å². The van der Waals surface area contributed by atoms with Crippen molar-refractivity contribution in [3.63, 3.8) is 0 Å². The predicted octanol–water partition coefficient (Wildman–Crippen LogP) is 3.43. The van der Waals surface area contributed by atoms with Crippen molar-refractivity contribution in [1.82, 2.24) is 14.2 Å². The number of pyridine rings is 1. The number of benzene rings is 1. The summed E-state index contributed by atoms with van der Waals surface area (Å²) in [5, 5.41) is 3.15. The van der Waals surface area contributed by atoms with Gasteiger partial charge < -0.3 is 10.2 Å². The van der Waals surface area contributed by atoms with E-state index in [1.807, 2.05) is 31.3 Å². The molecule has 1 fully saturated rings. The topological polar surface area (TPSA) is 82.6 Å². The fraction of sp³-hybridized carbons (Fsp3) is 0.478. The molecular formula is C23H32N4O3S2. The van der Waals surface area contributed by atoms with Gasteiger partial charge in [0.1, 0.15) is 4.90 Å². The molecule has 32 heavy (non-hydrogen) atoms. The van der Waals surface area contributed by atoms with Crippen LogP contribution in [-0.2, 0) is 20.2 Å². The van der Waals surface area contributed by atoms with E-state index in [0.29, 0.717) is 31.2 Å². The second-order valence-electron chi connectivity index (χ2n) is 9.12. The number of hydrogen-bond donors (Lipinski definition) is 1. The average molecular weight is 477 g/mol. The Hall–Kier alpha value is -1.94. The molecule has 174 valence electrons. The van der Waals surface area contributed by atoms with Crippen molar-refractivity contribution >= 4 is 33.4 Å². The van der Waals surface area contributed by atoms with Crippen molar-refractivity contribution in [2.75, 3.05) is 38.5 Å². The number of sulfonamides is 1. The molecule has 0 unspecified atom stereocenters. The third-order valence-corrected chi connectivity index (χ3v) is 8.43. The summed E-state index contributed by atoms with van der Waals surface area (Å²) in [7, 11) is -1.56. The van der Waals surface area contributed by atoms with E-state index in [2.05, 4.69) is 36.0 Å². The highest BCUT2D eigenvalue weighted by Crippen LogP contribution is 2.26. The third-order valence-electron chi connectivity index (χ3n) is 5.49. The van der Waals surface area contributed by atoms with Gasteiger partial charge in [0, 0.05) is 38.1 Å². The molecule has 0 saturated carbocycles. The van der Waals surface area contributed by atoms with Gasteiger partial charge in [-0.05, 0) is 49.2 Å². The Kier molecular flexibility index (Phi) is 7.65. The molecule has 1 aliphatic rings. The number of anilines is 1. The standard InChI is InChI=1S/C23H32N4O3S2/c1-17(22(28)25-19-8-6-18(7-9-19)23(2,3)4)31-21-11-10-20(16-24-21)32(29,30)27-14-12-26(5)13-15-27/h6-11,16-17H,12-15H2,1-5H3,(H,25,28)/t17-/m1/s1. The van der Waals surface area contributed by atoms with Crippen LogP contribution in [0.2, 0.25) is 0 Å². The molecule has 0 bridgehead atoms. The van der Waals surface area contributed by atoms with E-state index in [0.717, 1.165) is 5.69 Å². The maximum Gasteiger partial charge on any atom is 0.244 e. The van der Waals surface area contributed by atoms with Crippen LogP contribution in [0.3, 0.4) is 0 Å². The average Bonchev–Trinajstić information content (AvgIpc) is 2.74. The summed E-state index contributed by atoms with van der Waals surface area (Å²) in [5.41, 5.74) is 2.01. The van der Waals surface area contributed by atoms with Crippen LogP contribution in [0.1, 0.15) is 33.3 Å². The molecule has 1 atom stereocenters. The number of carbonyl (C=O) groups is 1. The van der Waals surface area contributed by atoms with Crippen LogP contribution < -0.4 is 5.32 Å². The Morgan fingerprint density at radius 1 is 1.06 bits per heavy atom. The van der Waals surface area contributed by atoms with Gasteiger partial charge in [0.15, 0.2) is 0 Å². The van der Waals surface area contributed by atoms with Crippen molar-refractivity contribution < 1.29 is 13.2 Å². The van der Waals surface area contributed by atoms with Crippen LogP contribution in [0, 0.1) is 0 Å². The molecule has 1 aliphatic heterocycles. The highest BCUT2D eigenvalue weighted by Gasteiger charge is 2.28. The number of carbonyl (C=O) groups excluding carboxylic acids is 1. The van der Waals surface area contributed by atoms with Gasteiger partial charge in [-0.2, -0.15) is 4.31 Å². The van der Waals surface area contributed by atoms with Crippen LogP contribution in [0.4, 0.5) is 5.69 Å². The molecule has 2 heterocycles. The van der Waals surface area contributed by atoms with Crippen molar-refractivity contribution in [2.45, 2.75) is 48.3 Å². The minimum atomic E-state index is -3.55. The van der Waals surface area contributed by atoms with Gasteiger partial charge in [0.2, 0.25) is 15.9 Å². The van der Waals surface area contributed by atoms with Gasteiger partial charge in [-0.25, -0.2) is 13.4 Å². The Labute approximate surface area is 195 Å². The minimum Gasteiger partial charge on any atom is -0.325 e. The zero-order valence-corrected chi connectivity index (χ0v) is 21.0. The first kappa shape index (κ1) is 24.7. The lowest BCUT2D eigenvalue weighted by Crippen LogP contribution is -2.47. The molecule has 3 rings (SSSR count). The zero-order chi connectivity index (χ0) is 23.5. The molecule has 1 aromatic carbocycles. The lowest BCUT2D eigenvalue weighted by atomic mass is 9.87. The highest BCUT2D eigenvalue weighted by atomic mass is 32.2. The number of nitrogens with zero attached hydrogens (tertiary/aromatic N) is 3. The lowest BCUT2D eigenvalue weighted by Gasteiger charge is -2.31. The summed E-state index contributed by atoms with van der Waals surface area (Å²) in [6, 6.07) is 11.1. The minimum absolute atomic E-state index is 0.0569. The van der Waals surface area contributed by atoms with Crippen LogP contribution in [-0.4, -0.2) is 67.0 Å². The van der Waals surface area contributed by atoms with E-state index in [-0.39, 0.29) is 21.5 Å². The highest BCUT2D eigenvalue weighted by molar-refractivity contribution is 8.00. The first-order chi connectivity index (χ1) is 15.0. The quantitative estimate of drug-likeness (QED) is 0.643. The van der Waals surface area contributed by atoms with E-state index in [9.17, 15) is 13.2 Å². The summed E-state index contributed by atoms with van der Waals surface area (Å²) < 4.78 is 27.1. The van der Waals surface area contributed by atoms with Gasteiger partial charge >= 0.3 is 0 Å². The molecule has 1 saturated heterocycles. The fourth-order valence-electron chi connectivity index (χ4n) is 3.30. The van der Waals surface area contributed by atoms with Crippen molar-refractivity contribution in [3.05, 3.63) is 48.2 Å². The van der Waals surface area contributed by atoms with E-state index < -0.39 is 10.0 Å². The number of hydrogen-bond acceptors (Lipinski definition) is 6. The van der Waals surface area contributed by atoms with E-state index in [4.69, 9.17) is 0 Å². The van der Waals surface area contributed by atoms with Crippen molar-refractivity contribution in [2.24, 2.45) is 0 Å². The number of nitrogens with one attached hydrogen (secondary N) is 1. The number of rotatable bonds is 6. The SMILES string of the molecule is C[C@@H](Sc1ccc(S(=O)(=O)N2CCN(C)CC2)cn1)C(=O)Nc1ccc(C(C)(C)C)cc1. The first-order valence-electron chi connectivity index (χ1n) is 10.7. The maximum absolute atomic E-state index is 12.8. The molecule has 0 spiro atoms. The van der Waals surface area contributed by atoms with Crippen molar-refractivity contribution in [3.8, 4) is 0 Å². The molecule has 9 heteroatoms. The number of aromatic nitrogens is 1. The van der Waals surface area contributed by atoms with Gasteiger partial charge in [-0.1, -0.05) is 44.7 Å². The summed E-state index contributed by atoms with van der Waals surface area (Å²) in [6.45, 7) is 10.6. The van der Waals surface area contributed by atoms with E-state index >= 15 is 0 Å². The molecular weight excluding hydrogens is 444 g/mol. The summed E-state index contributed by atoms with van der Waals surface area (Å²) in [5.74, 6) is -0.130. The van der Waals surface area contributed by atoms with Crippen LogP contribution in [0.15, 0.2) is 52.5 Å². The molecule has 1 N–H and O–H groups in total. The first-order valence-corrected chi connectivity index (χ1v) is 13.0. The summed E-state index contributed by atoms with van der Waals surface area (Å²) >= 11 is 1.30. The van der Waals surface area contributed by atoms with E-state index in [1.165, 1.54) is 27.8 Å². The van der Waals surface area contributed by atoms with Gasteiger partial charge in [0.25, 0.3) is 0 Å². The number of piperazine rings is 1. The van der Waals surface area contributed by atoms with Crippen LogP contribution in [0.5, 0.6) is 0 Å². The second-order valence-corrected chi connectivity index (χ2v) is 12.4. The molecule has 1 aromatic heterocycles. The zero-order valence-electron chi connectivity index (χ0n) is 19.3. The normalized spacial score (nSPS) is 17.2. The smallest absolute Gasteiger partial charge is 0.244 e. The molecule has 1 amide bonds.